The molecular formula is C17H22N2O2. The lowest BCUT2D eigenvalue weighted by atomic mass is 9.65. The topological polar surface area (TPSA) is 56.5 Å². The Kier molecular flexibility index (Phi) is 3.88. The Morgan fingerprint density at radius 2 is 1.86 bits per heavy atom. The van der Waals surface area contributed by atoms with E-state index in [1.165, 1.54) is 5.69 Å². The van der Waals surface area contributed by atoms with Crippen molar-refractivity contribution in [3.05, 3.63) is 30.3 Å². The molecule has 3 rings (SSSR count). The minimum Gasteiger partial charge on any atom is -0.388 e. The lowest BCUT2D eigenvalue weighted by molar-refractivity contribution is -0.129. The van der Waals surface area contributed by atoms with Gasteiger partial charge in [0.05, 0.1) is 18.3 Å². The third kappa shape index (κ3) is 2.52. The van der Waals surface area contributed by atoms with Gasteiger partial charge in [-0.1, -0.05) is 18.2 Å². The van der Waals surface area contributed by atoms with Crippen LogP contribution >= 0.6 is 0 Å². The number of rotatable bonds is 2. The first kappa shape index (κ1) is 14.4. The number of para-hydroxylation sites is 1. The summed E-state index contributed by atoms with van der Waals surface area (Å²) in [5.74, 6) is 0. The van der Waals surface area contributed by atoms with Gasteiger partial charge in [-0.05, 0) is 37.8 Å². The largest absolute Gasteiger partial charge is 0.388 e. The zero-order valence-corrected chi connectivity index (χ0v) is 12.3. The Bertz CT molecular complexity index is 509. The van der Waals surface area contributed by atoms with Crippen LogP contribution in [0.15, 0.2) is 30.3 Å². The van der Waals surface area contributed by atoms with Crippen LogP contribution in [-0.4, -0.2) is 37.0 Å². The molecule has 0 bridgehead atoms. The van der Waals surface area contributed by atoms with Gasteiger partial charge < -0.3 is 14.7 Å². The number of benzene rings is 1. The van der Waals surface area contributed by atoms with Crippen LogP contribution in [0.25, 0.3) is 0 Å². The van der Waals surface area contributed by atoms with Crippen molar-refractivity contribution in [1.29, 1.82) is 5.26 Å². The molecule has 0 aliphatic carbocycles. The maximum atomic E-state index is 11.1. The lowest BCUT2D eigenvalue weighted by Gasteiger charge is -2.49. The van der Waals surface area contributed by atoms with Crippen LogP contribution in [0.2, 0.25) is 0 Å². The molecule has 4 heteroatoms. The van der Waals surface area contributed by atoms with Crippen LogP contribution in [0.3, 0.4) is 0 Å². The van der Waals surface area contributed by atoms with Crippen molar-refractivity contribution in [2.45, 2.75) is 31.3 Å². The molecule has 2 aliphatic heterocycles. The van der Waals surface area contributed by atoms with Crippen molar-refractivity contribution >= 4 is 5.69 Å². The van der Waals surface area contributed by atoms with E-state index in [-0.39, 0.29) is 0 Å². The van der Waals surface area contributed by atoms with Crippen LogP contribution in [0.4, 0.5) is 5.69 Å². The molecule has 1 atom stereocenters. The van der Waals surface area contributed by atoms with Gasteiger partial charge in [0.15, 0.2) is 0 Å². The SMILES string of the molecule is N#CC1(C2(O)CCN(c3ccccc3)CC2)CCCOC1. The second-order valence-corrected chi connectivity index (χ2v) is 6.20. The molecule has 2 heterocycles. The van der Waals surface area contributed by atoms with E-state index in [2.05, 4.69) is 23.1 Å². The maximum Gasteiger partial charge on any atom is 0.109 e. The summed E-state index contributed by atoms with van der Waals surface area (Å²) in [4.78, 5) is 2.28. The number of anilines is 1. The number of aliphatic hydroxyl groups is 1. The highest BCUT2D eigenvalue weighted by Gasteiger charge is 2.53. The predicted molar refractivity (Wildman–Crippen MR) is 80.9 cm³/mol. The first-order valence-electron chi connectivity index (χ1n) is 7.71. The molecule has 0 radical (unpaired) electrons. The van der Waals surface area contributed by atoms with Crippen LogP contribution in [-0.2, 0) is 4.74 Å². The number of nitriles is 1. The fourth-order valence-corrected chi connectivity index (χ4v) is 3.61. The van der Waals surface area contributed by atoms with E-state index >= 15 is 0 Å². The molecule has 2 fully saturated rings. The highest BCUT2D eigenvalue weighted by molar-refractivity contribution is 5.46. The normalized spacial score (nSPS) is 28.9. The molecule has 0 amide bonds. The third-order valence-electron chi connectivity index (χ3n) is 5.06. The summed E-state index contributed by atoms with van der Waals surface area (Å²) in [7, 11) is 0. The zero-order valence-electron chi connectivity index (χ0n) is 12.3. The summed E-state index contributed by atoms with van der Waals surface area (Å²) < 4.78 is 5.51. The third-order valence-corrected chi connectivity index (χ3v) is 5.06. The molecule has 2 aliphatic rings. The van der Waals surface area contributed by atoms with E-state index in [1.807, 2.05) is 18.2 Å². The molecule has 4 nitrogen and oxygen atoms in total. The molecule has 2 saturated heterocycles. The van der Waals surface area contributed by atoms with Gasteiger partial charge in [0.25, 0.3) is 0 Å². The minimum atomic E-state index is -0.923. The maximum absolute atomic E-state index is 11.1. The highest BCUT2D eigenvalue weighted by atomic mass is 16.5. The fourth-order valence-electron chi connectivity index (χ4n) is 3.61. The number of nitrogens with zero attached hydrogens (tertiary/aromatic N) is 2. The molecule has 1 unspecified atom stereocenters. The first-order valence-corrected chi connectivity index (χ1v) is 7.71. The Morgan fingerprint density at radius 3 is 2.43 bits per heavy atom. The van der Waals surface area contributed by atoms with Crippen LogP contribution in [0.1, 0.15) is 25.7 Å². The van der Waals surface area contributed by atoms with Gasteiger partial charge in [-0.15, -0.1) is 0 Å². The van der Waals surface area contributed by atoms with Gasteiger partial charge in [0.2, 0.25) is 0 Å². The summed E-state index contributed by atoms with van der Waals surface area (Å²) >= 11 is 0. The van der Waals surface area contributed by atoms with Crippen molar-refractivity contribution in [1.82, 2.24) is 0 Å². The predicted octanol–water partition coefficient (Wildman–Crippen LogP) is 2.34. The van der Waals surface area contributed by atoms with E-state index in [0.717, 1.165) is 25.9 Å². The molecule has 0 aromatic heterocycles. The lowest BCUT2D eigenvalue weighted by Crippen LogP contribution is -2.57. The second-order valence-electron chi connectivity index (χ2n) is 6.20. The van der Waals surface area contributed by atoms with Crippen LogP contribution < -0.4 is 4.90 Å². The van der Waals surface area contributed by atoms with Gasteiger partial charge in [0, 0.05) is 25.4 Å². The molecular weight excluding hydrogens is 264 g/mol. The van der Waals surface area contributed by atoms with Crippen molar-refractivity contribution in [3.8, 4) is 6.07 Å². The second kappa shape index (κ2) is 5.67. The van der Waals surface area contributed by atoms with Crippen molar-refractivity contribution in [2.75, 3.05) is 31.2 Å². The quantitative estimate of drug-likeness (QED) is 0.906. The zero-order chi connectivity index (χ0) is 14.8. The van der Waals surface area contributed by atoms with E-state index in [9.17, 15) is 10.4 Å². The van der Waals surface area contributed by atoms with E-state index in [1.54, 1.807) is 0 Å². The van der Waals surface area contributed by atoms with E-state index in [0.29, 0.717) is 26.1 Å². The molecule has 0 spiro atoms. The number of hydrogen-bond donors (Lipinski definition) is 1. The summed E-state index contributed by atoms with van der Waals surface area (Å²) in [6.45, 7) is 2.63. The minimum absolute atomic E-state index is 0.366. The summed E-state index contributed by atoms with van der Waals surface area (Å²) in [5.41, 5.74) is -0.466. The summed E-state index contributed by atoms with van der Waals surface area (Å²) in [6.07, 6.45) is 2.85. The Balaban J connectivity index is 1.73. The Labute approximate surface area is 125 Å². The Hall–Kier alpha value is -1.57. The average molecular weight is 286 g/mol. The molecule has 0 saturated carbocycles. The molecule has 1 N–H and O–H groups in total. The molecule has 21 heavy (non-hydrogen) atoms. The first-order chi connectivity index (χ1) is 10.2. The van der Waals surface area contributed by atoms with Gasteiger partial charge in [0.1, 0.15) is 5.41 Å². The highest BCUT2D eigenvalue weighted by Crippen LogP contribution is 2.45. The number of piperidine rings is 1. The van der Waals surface area contributed by atoms with Gasteiger partial charge in [-0.25, -0.2) is 0 Å². The molecule has 1 aromatic carbocycles. The Morgan fingerprint density at radius 1 is 1.14 bits per heavy atom. The standard InChI is InChI=1S/C17H22N2O2/c18-13-16(7-4-12-21-14-16)17(20)8-10-19(11-9-17)15-5-2-1-3-6-15/h1-3,5-6,20H,4,7-12,14H2. The smallest absolute Gasteiger partial charge is 0.109 e. The number of hydrogen-bond acceptors (Lipinski definition) is 4. The van der Waals surface area contributed by atoms with Crippen molar-refractivity contribution in [2.24, 2.45) is 5.41 Å². The monoisotopic (exact) mass is 286 g/mol. The number of ether oxygens (including phenoxy) is 1. The van der Waals surface area contributed by atoms with Gasteiger partial charge in [-0.3, -0.25) is 0 Å². The summed E-state index contributed by atoms with van der Waals surface area (Å²) in [6, 6.07) is 12.6. The van der Waals surface area contributed by atoms with Gasteiger partial charge in [-0.2, -0.15) is 5.26 Å². The van der Waals surface area contributed by atoms with E-state index < -0.39 is 11.0 Å². The fraction of sp³-hybridized carbons (Fsp3) is 0.588. The average Bonchev–Trinajstić information content (AvgIpc) is 2.57. The van der Waals surface area contributed by atoms with Crippen LogP contribution in [0, 0.1) is 16.7 Å². The molecule has 112 valence electrons. The summed E-state index contributed by atoms with van der Waals surface area (Å²) in [5, 5.41) is 20.7. The molecule has 1 aromatic rings. The van der Waals surface area contributed by atoms with E-state index in [4.69, 9.17) is 4.74 Å². The van der Waals surface area contributed by atoms with Crippen molar-refractivity contribution in [3.63, 3.8) is 0 Å². The van der Waals surface area contributed by atoms with Crippen LogP contribution in [0.5, 0.6) is 0 Å². The van der Waals surface area contributed by atoms with Gasteiger partial charge >= 0.3 is 0 Å². The van der Waals surface area contributed by atoms with Crippen molar-refractivity contribution < 1.29 is 9.84 Å².